The first kappa shape index (κ1) is 13.3. The van der Waals surface area contributed by atoms with Gasteiger partial charge < -0.3 is 4.84 Å². The quantitative estimate of drug-likeness (QED) is 0.594. The van der Waals surface area contributed by atoms with Crippen LogP contribution in [0.1, 0.15) is 29.2 Å². The van der Waals surface area contributed by atoms with E-state index in [2.05, 4.69) is 24.2 Å². The minimum atomic E-state index is 0.495. The number of hydrogen-bond acceptors (Lipinski definition) is 2. The first-order valence-corrected chi connectivity index (χ1v) is 6.36. The number of benzene rings is 2. The van der Waals surface area contributed by atoms with Crippen molar-refractivity contribution in [2.24, 2.45) is 5.16 Å². The number of hydrogen-bond donors (Lipinski definition) is 0. The highest BCUT2D eigenvalue weighted by atomic mass is 16.6. The van der Waals surface area contributed by atoms with E-state index in [0.717, 1.165) is 28.0 Å². The Bertz CT molecular complexity index is 573. The van der Waals surface area contributed by atoms with Crippen LogP contribution in [0.25, 0.3) is 0 Å². The Labute approximate surface area is 114 Å². The van der Waals surface area contributed by atoms with Crippen molar-refractivity contribution in [1.82, 2.24) is 0 Å². The molecule has 19 heavy (non-hydrogen) atoms. The summed E-state index contributed by atoms with van der Waals surface area (Å²) < 4.78 is 0. The molecule has 2 nitrogen and oxygen atoms in total. The maximum Gasteiger partial charge on any atom is 0.142 e. The van der Waals surface area contributed by atoms with Crippen LogP contribution in [0.5, 0.6) is 0 Å². The normalized spacial score (nSPS) is 11.4. The highest BCUT2D eigenvalue weighted by Crippen LogP contribution is 2.12. The van der Waals surface area contributed by atoms with Crippen LogP contribution in [0.15, 0.2) is 47.6 Å². The maximum atomic E-state index is 5.41. The summed E-state index contributed by atoms with van der Waals surface area (Å²) in [6, 6.07) is 17.3. The maximum absolute atomic E-state index is 5.41. The standard InChI is InChI=1S/C17H18NO/c1-13-9-10-14(2)17(11-13)15(3)18-19-12-16-7-5-4-6-8-16/h4-8,10-11H,12H2,1-3H3. The average molecular weight is 252 g/mol. The Kier molecular flexibility index (Phi) is 4.35. The molecule has 0 atom stereocenters. The van der Waals surface area contributed by atoms with Crippen molar-refractivity contribution in [1.29, 1.82) is 0 Å². The Morgan fingerprint density at radius 2 is 1.95 bits per heavy atom. The van der Waals surface area contributed by atoms with Crippen LogP contribution in [-0.4, -0.2) is 5.71 Å². The molecule has 0 unspecified atom stereocenters. The second kappa shape index (κ2) is 6.19. The lowest BCUT2D eigenvalue weighted by Gasteiger charge is -2.06. The lowest BCUT2D eigenvalue weighted by Crippen LogP contribution is -2.00. The van der Waals surface area contributed by atoms with Crippen LogP contribution < -0.4 is 0 Å². The van der Waals surface area contributed by atoms with Gasteiger partial charge in [0.25, 0.3) is 0 Å². The molecule has 0 bridgehead atoms. The zero-order valence-corrected chi connectivity index (χ0v) is 11.6. The van der Waals surface area contributed by atoms with E-state index in [0.29, 0.717) is 6.61 Å². The fourth-order valence-electron chi connectivity index (χ4n) is 1.89. The molecular formula is C17H18NO. The molecule has 2 aromatic carbocycles. The SMILES string of the molecule is CC(=NOCc1ccccc1)c1cc(C)[c]cc1C. The molecular weight excluding hydrogens is 234 g/mol. The Balaban J connectivity index is 2.05. The average Bonchev–Trinajstić information content (AvgIpc) is 2.42. The second-order valence-corrected chi connectivity index (χ2v) is 4.65. The van der Waals surface area contributed by atoms with E-state index in [1.165, 1.54) is 0 Å². The summed E-state index contributed by atoms with van der Waals surface area (Å²) in [4.78, 5) is 5.41. The zero-order valence-electron chi connectivity index (χ0n) is 11.6. The fraction of sp³-hybridized carbons (Fsp3) is 0.235. The van der Waals surface area contributed by atoms with Crippen LogP contribution in [-0.2, 0) is 11.4 Å². The van der Waals surface area contributed by atoms with Gasteiger partial charge in [0.15, 0.2) is 0 Å². The summed E-state index contributed by atoms with van der Waals surface area (Å²) in [7, 11) is 0. The minimum Gasteiger partial charge on any atom is -0.391 e. The predicted octanol–water partition coefficient (Wildman–Crippen LogP) is 4.04. The van der Waals surface area contributed by atoms with Gasteiger partial charge >= 0.3 is 0 Å². The topological polar surface area (TPSA) is 21.6 Å². The van der Waals surface area contributed by atoms with E-state index in [1.807, 2.05) is 50.2 Å². The van der Waals surface area contributed by atoms with Crippen molar-refractivity contribution >= 4 is 5.71 Å². The van der Waals surface area contributed by atoms with Gasteiger partial charge in [-0.15, -0.1) is 0 Å². The highest BCUT2D eigenvalue weighted by molar-refractivity contribution is 5.99. The molecule has 0 saturated heterocycles. The van der Waals surface area contributed by atoms with Gasteiger partial charge in [0.1, 0.15) is 6.61 Å². The van der Waals surface area contributed by atoms with Gasteiger partial charge in [0.05, 0.1) is 5.71 Å². The van der Waals surface area contributed by atoms with Crippen LogP contribution in [0.4, 0.5) is 0 Å². The fourth-order valence-corrected chi connectivity index (χ4v) is 1.89. The number of nitrogens with zero attached hydrogens (tertiary/aromatic N) is 1. The molecule has 0 heterocycles. The highest BCUT2D eigenvalue weighted by Gasteiger charge is 2.03. The summed E-state index contributed by atoms with van der Waals surface area (Å²) in [5.41, 5.74) is 5.40. The van der Waals surface area contributed by atoms with Crippen LogP contribution >= 0.6 is 0 Å². The Morgan fingerprint density at radius 1 is 1.21 bits per heavy atom. The third-order valence-electron chi connectivity index (χ3n) is 2.97. The molecule has 0 aliphatic carbocycles. The van der Waals surface area contributed by atoms with Crippen LogP contribution in [0.2, 0.25) is 0 Å². The van der Waals surface area contributed by atoms with Gasteiger partial charge in [-0.1, -0.05) is 41.6 Å². The van der Waals surface area contributed by atoms with E-state index in [1.54, 1.807) is 0 Å². The van der Waals surface area contributed by atoms with Crippen molar-refractivity contribution in [3.63, 3.8) is 0 Å². The molecule has 0 N–H and O–H groups in total. The molecule has 0 aliphatic rings. The van der Waals surface area contributed by atoms with Crippen molar-refractivity contribution in [3.8, 4) is 0 Å². The van der Waals surface area contributed by atoms with Crippen LogP contribution in [0, 0.1) is 19.9 Å². The number of oxime groups is 1. The molecule has 1 radical (unpaired) electrons. The van der Waals surface area contributed by atoms with Crippen LogP contribution in [0.3, 0.4) is 0 Å². The van der Waals surface area contributed by atoms with Gasteiger partial charge in [0.2, 0.25) is 0 Å². The Hall–Kier alpha value is -2.09. The van der Waals surface area contributed by atoms with Crippen molar-refractivity contribution in [2.75, 3.05) is 0 Å². The first-order valence-electron chi connectivity index (χ1n) is 6.36. The van der Waals surface area contributed by atoms with Crippen molar-refractivity contribution in [3.05, 3.63) is 70.8 Å². The molecule has 0 fully saturated rings. The van der Waals surface area contributed by atoms with E-state index >= 15 is 0 Å². The first-order chi connectivity index (χ1) is 9.16. The summed E-state index contributed by atoms with van der Waals surface area (Å²) in [6.45, 7) is 6.55. The van der Waals surface area contributed by atoms with Gasteiger partial charge in [0, 0.05) is 5.56 Å². The van der Waals surface area contributed by atoms with Gasteiger partial charge in [-0.3, -0.25) is 0 Å². The molecule has 0 spiro atoms. The molecule has 2 rings (SSSR count). The molecule has 0 amide bonds. The smallest absolute Gasteiger partial charge is 0.142 e. The predicted molar refractivity (Wildman–Crippen MR) is 78.2 cm³/mol. The number of rotatable bonds is 4. The van der Waals surface area contributed by atoms with Gasteiger partial charge in [-0.25, -0.2) is 0 Å². The second-order valence-electron chi connectivity index (χ2n) is 4.65. The molecule has 0 saturated carbocycles. The van der Waals surface area contributed by atoms with Gasteiger partial charge in [-0.05, 0) is 49.6 Å². The van der Waals surface area contributed by atoms with E-state index in [4.69, 9.17) is 4.84 Å². The van der Waals surface area contributed by atoms with E-state index in [9.17, 15) is 0 Å². The summed E-state index contributed by atoms with van der Waals surface area (Å²) in [6.07, 6.45) is 0. The largest absolute Gasteiger partial charge is 0.391 e. The molecule has 97 valence electrons. The third-order valence-corrected chi connectivity index (χ3v) is 2.97. The monoisotopic (exact) mass is 252 g/mol. The summed E-state index contributed by atoms with van der Waals surface area (Å²) >= 11 is 0. The third kappa shape index (κ3) is 3.68. The zero-order chi connectivity index (χ0) is 13.7. The minimum absolute atomic E-state index is 0.495. The molecule has 2 heteroatoms. The lowest BCUT2D eigenvalue weighted by atomic mass is 10.0. The summed E-state index contributed by atoms with van der Waals surface area (Å²) in [5.74, 6) is 0. The summed E-state index contributed by atoms with van der Waals surface area (Å²) in [5, 5.41) is 4.19. The van der Waals surface area contributed by atoms with Crippen molar-refractivity contribution < 1.29 is 4.84 Å². The van der Waals surface area contributed by atoms with E-state index in [-0.39, 0.29) is 0 Å². The Morgan fingerprint density at radius 3 is 2.68 bits per heavy atom. The van der Waals surface area contributed by atoms with Crippen molar-refractivity contribution in [2.45, 2.75) is 27.4 Å². The molecule has 2 aromatic rings. The van der Waals surface area contributed by atoms with E-state index < -0.39 is 0 Å². The molecule has 0 aliphatic heterocycles. The van der Waals surface area contributed by atoms with Gasteiger partial charge in [-0.2, -0.15) is 0 Å². The molecule has 0 aromatic heterocycles. The number of aryl methyl sites for hydroxylation is 2. The lowest BCUT2D eigenvalue weighted by molar-refractivity contribution is 0.130.